The van der Waals surface area contributed by atoms with Gasteiger partial charge in [0.2, 0.25) is 5.88 Å². The first-order valence-electron chi connectivity index (χ1n) is 7.06. The number of nitro benzene ring substituents is 1. The Morgan fingerprint density at radius 3 is 2.62 bits per heavy atom. The van der Waals surface area contributed by atoms with E-state index in [2.05, 4.69) is 21.2 Å². The van der Waals surface area contributed by atoms with Crippen molar-refractivity contribution in [1.82, 2.24) is 0 Å². The molecular formula is C17H13BrN2O4. The van der Waals surface area contributed by atoms with Gasteiger partial charge in [-0.1, -0.05) is 40.2 Å². The van der Waals surface area contributed by atoms with Crippen LogP contribution in [0.5, 0.6) is 5.75 Å². The largest absolute Gasteiger partial charge is 0.504 e. The molecule has 2 N–H and O–H groups in total. The number of nitro groups is 1. The van der Waals surface area contributed by atoms with Crippen LogP contribution in [-0.2, 0) is 0 Å². The Hall–Kier alpha value is -2.80. The van der Waals surface area contributed by atoms with Crippen LogP contribution in [0.1, 0.15) is 0 Å². The number of aromatic hydroxyl groups is 1. The molecule has 3 aromatic rings. The lowest BCUT2D eigenvalue weighted by molar-refractivity contribution is -0.384. The van der Waals surface area contributed by atoms with Crippen molar-refractivity contribution in [2.24, 2.45) is 0 Å². The molecule has 122 valence electrons. The summed E-state index contributed by atoms with van der Waals surface area (Å²) in [5.41, 5.74) is 1.26. The van der Waals surface area contributed by atoms with Crippen LogP contribution in [0.2, 0.25) is 0 Å². The second-order valence-corrected chi connectivity index (χ2v) is 5.93. The molecule has 0 saturated heterocycles. The lowest BCUT2D eigenvalue weighted by atomic mass is 10.0. The standard InChI is InChI=1S/C17H13BrN2O4/c1-19-17-14(10-5-4-6-11(18)9-10)15(21)16(24-17)12-7-2-3-8-13(12)20(22)23/h2-9,19,21H,1H3. The molecule has 1 heterocycles. The van der Waals surface area contributed by atoms with Crippen molar-refractivity contribution in [2.75, 3.05) is 12.4 Å². The Kier molecular flexibility index (Phi) is 4.26. The highest BCUT2D eigenvalue weighted by Crippen LogP contribution is 2.48. The number of halogens is 1. The Morgan fingerprint density at radius 1 is 1.21 bits per heavy atom. The molecule has 0 aliphatic rings. The van der Waals surface area contributed by atoms with Crippen LogP contribution in [-0.4, -0.2) is 17.1 Å². The van der Waals surface area contributed by atoms with Crippen molar-refractivity contribution in [3.63, 3.8) is 0 Å². The molecule has 0 saturated carbocycles. The highest BCUT2D eigenvalue weighted by Gasteiger charge is 2.26. The van der Waals surface area contributed by atoms with Crippen molar-refractivity contribution >= 4 is 27.5 Å². The maximum absolute atomic E-state index is 11.2. The molecule has 0 radical (unpaired) electrons. The van der Waals surface area contributed by atoms with Gasteiger partial charge in [0.1, 0.15) is 0 Å². The SMILES string of the molecule is CNc1oc(-c2ccccc2[N+](=O)[O-])c(O)c1-c1cccc(Br)c1. The molecule has 0 amide bonds. The first kappa shape index (κ1) is 16.1. The fourth-order valence-electron chi connectivity index (χ4n) is 2.52. The Morgan fingerprint density at radius 2 is 1.96 bits per heavy atom. The van der Waals surface area contributed by atoms with Crippen LogP contribution < -0.4 is 5.32 Å². The minimum atomic E-state index is -0.505. The van der Waals surface area contributed by atoms with Gasteiger partial charge in [0.15, 0.2) is 11.5 Å². The highest BCUT2D eigenvalue weighted by molar-refractivity contribution is 9.10. The van der Waals surface area contributed by atoms with Crippen LogP contribution in [0.25, 0.3) is 22.5 Å². The van der Waals surface area contributed by atoms with E-state index in [9.17, 15) is 15.2 Å². The molecule has 0 unspecified atom stereocenters. The summed E-state index contributed by atoms with van der Waals surface area (Å²) in [5.74, 6) is 0.243. The van der Waals surface area contributed by atoms with E-state index in [1.54, 1.807) is 25.2 Å². The summed E-state index contributed by atoms with van der Waals surface area (Å²) in [6.45, 7) is 0. The molecule has 0 atom stereocenters. The molecule has 2 aromatic carbocycles. The summed E-state index contributed by atoms with van der Waals surface area (Å²) in [4.78, 5) is 10.7. The molecular weight excluding hydrogens is 376 g/mol. The summed E-state index contributed by atoms with van der Waals surface area (Å²) in [7, 11) is 1.66. The Balaban J connectivity index is 2.25. The van der Waals surface area contributed by atoms with E-state index in [1.165, 1.54) is 6.07 Å². The third kappa shape index (κ3) is 2.74. The zero-order valence-corrected chi connectivity index (χ0v) is 14.2. The fraction of sp³-hybridized carbons (Fsp3) is 0.0588. The summed E-state index contributed by atoms with van der Waals surface area (Å²) in [5, 5.41) is 24.8. The normalized spacial score (nSPS) is 10.6. The van der Waals surface area contributed by atoms with Gasteiger partial charge in [-0.2, -0.15) is 0 Å². The van der Waals surface area contributed by atoms with Gasteiger partial charge in [0.05, 0.1) is 16.1 Å². The van der Waals surface area contributed by atoms with Gasteiger partial charge in [-0.05, 0) is 23.8 Å². The van der Waals surface area contributed by atoms with Crippen molar-refractivity contribution in [1.29, 1.82) is 0 Å². The van der Waals surface area contributed by atoms with Gasteiger partial charge < -0.3 is 14.8 Å². The minimum absolute atomic E-state index is 0.0571. The van der Waals surface area contributed by atoms with E-state index < -0.39 is 4.92 Å². The van der Waals surface area contributed by atoms with E-state index in [4.69, 9.17) is 4.42 Å². The quantitative estimate of drug-likeness (QED) is 0.483. The van der Waals surface area contributed by atoms with Crippen molar-refractivity contribution < 1.29 is 14.4 Å². The maximum Gasteiger partial charge on any atom is 0.280 e. The number of anilines is 1. The number of nitrogens with one attached hydrogen (secondary N) is 1. The zero-order chi connectivity index (χ0) is 17.3. The second kappa shape index (κ2) is 6.37. The van der Waals surface area contributed by atoms with E-state index in [1.807, 2.05) is 24.3 Å². The highest BCUT2D eigenvalue weighted by atomic mass is 79.9. The first-order chi connectivity index (χ1) is 11.5. The molecule has 0 fully saturated rings. The maximum atomic E-state index is 11.2. The van der Waals surface area contributed by atoms with E-state index in [-0.39, 0.29) is 22.8 Å². The molecule has 0 aliphatic heterocycles. The summed E-state index contributed by atoms with van der Waals surface area (Å²) in [6, 6.07) is 13.5. The van der Waals surface area contributed by atoms with Crippen LogP contribution in [0.3, 0.4) is 0 Å². The smallest absolute Gasteiger partial charge is 0.280 e. The van der Waals surface area contributed by atoms with Crippen molar-refractivity contribution in [2.45, 2.75) is 0 Å². The topological polar surface area (TPSA) is 88.5 Å². The second-order valence-electron chi connectivity index (χ2n) is 5.02. The predicted molar refractivity (Wildman–Crippen MR) is 95.1 cm³/mol. The molecule has 3 rings (SSSR count). The van der Waals surface area contributed by atoms with Gasteiger partial charge in [0, 0.05) is 17.6 Å². The summed E-state index contributed by atoms with van der Waals surface area (Å²) < 4.78 is 6.53. The molecule has 24 heavy (non-hydrogen) atoms. The van der Waals surface area contributed by atoms with Crippen LogP contribution in [0.4, 0.5) is 11.6 Å². The van der Waals surface area contributed by atoms with Gasteiger partial charge >= 0.3 is 0 Å². The number of nitrogens with zero attached hydrogens (tertiary/aromatic N) is 1. The average molecular weight is 389 g/mol. The molecule has 6 nitrogen and oxygen atoms in total. The number of furan rings is 1. The number of rotatable bonds is 4. The number of para-hydroxylation sites is 1. The van der Waals surface area contributed by atoms with E-state index in [0.29, 0.717) is 11.4 Å². The third-order valence-electron chi connectivity index (χ3n) is 3.57. The Bertz CT molecular complexity index is 921. The number of benzene rings is 2. The monoisotopic (exact) mass is 388 g/mol. The molecule has 0 aliphatic carbocycles. The lowest BCUT2D eigenvalue weighted by Gasteiger charge is -2.03. The van der Waals surface area contributed by atoms with Gasteiger partial charge in [-0.15, -0.1) is 0 Å². The molecule has 7 heteroatoms. The minimum Gasteiger partial charge on any atom is -0.504 e. The summed E-state index contributed by atoms with van der Waals surface area (Å²) in [6.07, 6.45) is 0. The van der Waals surface area contributed by atoms with Gasteiger partial charge in [0.25, 0.3) is 5.69 Å². The third-order valence-corrected chi connectivity index (χ3v) is 4.06. The van der Waals surface area contributed by atoms with Crippen LogP contribution >= 0.6 is 15.9 Å². The van der Waals surface area contributed by atoms with Crippen molar-refractivity contribution in [3.8, 4) is 28.2 Å². The molecule has 0 spiro atoms. The van der Waals surface area contributed by atoms with Crippen LogP contribution in [0.15, 0.2) is 57.4 Å². The van der Waals surface area contributed by atoms with E-state index >= 15 is 0 Å². The Labute approximate surface area is 146 Å². The zero-order valence-electron chi connectivity index (χ0n) is 12.6. The fourth-order valence-corrected chi connectivity index (χ4v) is 2.92. The lowest BCUT2D eigenvalue weighted by Crippen LogP contribution is -1.90. The predicted octanol–water partition coefficient (Wildman–Crippen LogP) is 5.03. The molecule has 0 bridgehead atoms. The average Bonchev–Trinajstić information content (AvgIpc) is 2.91. The number of hydrogen-bond donors (Lipinski definition) is 2. The molecule has 1 aromatic heterocycles. The van der Waals surface area contributed by atoms with Crippen molar-refractivity contribution in [3.05, 3.63) is 63.1 Å². The number of hydrogen-bond acceptors (Lipinski definition) is 5. The first-order valence-corrected chi connectivity index (χ1v) is 7.85. The summed E-state index contributed by atoms with van der Waals surface area (Å²) >= 11 is 3.39. The van der Waals surface area contributed by atoms with Gasteiger partial charge in [-0.3, -0.25) is 10.1 Å². The van der Waals surface area contributed by atoms with Crippen LogP contribution in [0, 0.1) is 10.1 Å². The van der Waals surface area contributed by atoms with E-state index in [0.717, 1.165) is 10.0 Å². The van der Waals surface area contributed by atoms with Gasteiger partial charge in [-0.25, -0.2) is 0 Å².